The van der Waals surface area contributed by atoms with Gasteiger partial charge in [0.1, 0.15) is 11.1 Å². The summed E-state index contributed by atoms with van der Waals surface area (Å²) in [6.07, 6.45) is 6.72. The molecule has 1 aromatic carbocycles. The van der Waals surface area contributed by atoms with Crippen molar-refractivity contribution < 1.29 is 4.79 Å². The van der Waals surface area contributed by atoms with E-state index in [0.717, 1.165) is 48.2 Å². The Kier molecular flexibility index (Phi) is 6.74. The number of fused-ring (bicyclic) bond motifs is 1. The van der Waals surface area contributed by atoms with E-state index in [0.29, 0.717) is 10.6 Å². The van der Waals surface area contributed by atoms with E-state index in [1.807, 2.05) is 45.0 Å². The van der Waals surface area contributed by atoms with Crippen molar-refractivity contribution in [1.82, 2.24) is 4.98 Å². The molecule has 3 rings (SSSR count). The molecule has 4 nitrogen and oxygen atoms in total. The number of pyridine rings is 1. The van der Waals surface area contributed by atoms with Gasteiger partial charge in [0.25, 0.3) is 0 Å². The minimum Gasteiger partial charge on any atom is -0.325 e. The third kappa shape index (κ3) is 4.74. The van der Waals surface area contributed by atoms with Crippen molar-refractivity contribution >= 4 is 23.4 Å². The van der Waals surface area contributed by atoms with Gasteiger partial charge in [-0.1, -0.05) is 42.8 Å². The fraction of sp³-hybridized carbons (Fsp3) is 0.435. The van der Waals surface area contributed by atoms with Crippen molar-refractivity contribution in [2.45, 2.75) is 69.6 Å². The van der Waals surface area contributed by atoms with Crippen LogP contribution >= 0.6 is 11.8 Å². The summed E-state index contributed by atoms with van der Waals surface area (Å²) >= 11 is 1.37. The van der Waals surface area contributed by atoms with Crippen LogP contribution in [-0.2, 0) is 17.6 Å². The molecule has 146 valence electrons. The number of aryl methyl sites for hydroxylation is 4. The highest BCUT2D eigenvalue weighted by molar-refractivity contribution is 8.00. The summed E-state index contributed by atoms with van der Waals surface area (Å²) in [5, 5.41) is 13.0. The van der Waals surface area contributed by atoms with Crippen LogP contribution in [0.2, 0.25) is 0 Å². The second-order valence-corrected chi connectivity index (χ2v) is 8.82. The second kappa shape index (κ2) is 9.25. The molecule has 0 aliphatic heterocycles. The zero-order valence-corrected chi connectivity index (χ0v) is 17.7. The summed E-state index contributed by atoms with van der Waals surface area (Å²) in [6, 6.07) is 10.2. The molecule has 28 heavy (non-hydrogen) atoms. The maximum Gasteiger partial charge on any atom is 0.237 e. The van der Waals surface area contributed by atoms with Crippen molar-refractivity contribution in [3.05, 3.63) is 52.2 Å². The Morgan fingerprint density at radius 2 is 1.86 bits per heavy atom. The van der Waals surface area contributed by atoms with Crippen molar-refractivity contribution in [3.63, 3.8) is 0 Å². The molecule has 0 spiro atoms. The van der Waals surface area contributed by atoms with Crippen molar-refractivity contribution in [3.8, 4) is 6.07 Å². The van der Waals surface area contributed by atoms with Gasteiger partial charge in [-0.3, -0.25) is 4.79 Å². The number of benzene rings is 1. The summed E-state index contributed by atoms with van der Waals surface area (Å²) in [7, 11) is 0. The van der Waals surface area contributed by atoms with Crippen LogP contribution in [0.1, 0.15) is 60.6 Å². The number of aromatic nitrogens is 1. The largest absolute Gasteiger partial charge is 0.325 e. The SMILES string of the molecule is Cc1cccc(C)c1NC(=O)C(C)Sc1nc2c(cc1C#N)CCCCCC2. The normalized spacial score (nSPS) is 14.9. The molecular weight excluding hydrogens is 366 g/mol. The third-order valence-electron chi connectivity index (χ3n) is 5.27. The van der Waals surface area contributed by atoms with Gasteiger partial charge in [-0.15, -0.1) is 0 Å². The van der Waals surface area contributed by atoms with E-state index in [9.17, 15) is 10.1 Å². The predicted molar refractivity (Wildman–Crippen MR) is 115 cm³/mol. The van der Waals surface area contributed by atoms with Crippen LogP contribution in [-0.4, -0.2) is 16.1 Å². The van der Waals surface area contributed by atoms with Gasteiger partial charge in [-0.25, -0.2) is 4.98 Å². The fourth-order valence-corrected chi connectivity index (χ4v) is 4.49. The van der Waals surface area contributed by atoms with Gasteiger partial charge in [0.15, 0.2) is 0 Å². The molecule has 0 saturated heterocycles. The molecule has 1 amide bonds. The van der Waals surface area contributed by atoms with Crippen LogP contribution in [0.4, 0.5) is 5.69 Å². The van der Waals surface area contributed by atoms with Gasteiger partial charge in [0, 0.05) is 11.4 Å². The van der Waals surface area contributed by atoms with Crippen LogP contribution in [0.5, 0.6) is 0 Å². The Balaban J connectivity index is 1.79. The average Bonchev–Trinajstić information content (AvgIpc) is 2.65. The van der Waals surface area contributed by atoms with Crippen molar-refractivity contribution in [1.29, 1.82) is 5.26 Å². The smallest absolute Gasteiger partial charge is 0.237 e. The molecule has 2 aromatic rings. The molecule has 1 heterocycles. The first-order valence-corrected chi connectivity index (χ1v) is 10.8. The summed E-state index contributed by atoms with van der Waals surface area (Å²) in [6.45, 7) is 5.85. The van der Waals surface area contributed by atoms with Gasteiger partial charge in [-0.05, 0) is 69.2 Å². The summed E-state index contributed by atoms with van der Waals surface area (Å²) < 4.78 is 0. The maximum absolute atomic E-state index is 12.8. The molecule has 5 heteroatoms. The highest BCUT2D eigenvalue weighted by Crippen LogP contribution is 2.30. The number of thioether (sulfide) groups is 1. The molecule has 0 radical (unpaired) electrons. The number of rotatable bonds is 4. The number of carbonyl (C=O) groups is 1. The van der Waals surface area contributed by atoms with E-state index in [1.54, 1.807) is 0 Å². The van der Waals surface area contributed by atoms with Crippen LogP contribution in [0.15, 0.2) is 29.3 Å². The Labute approximate surface area is 171 Å². The van der Waals surface area contributed by atoms with Gasteiger partial charge < -0.3 is 5.32 Å². The van der Waals surface area contributed by atoms with Gasteiger partial charge >= 0.3 is 0 Å². The van der Waals surface area contributed by atoms with E-state index in [4.69, 9.17) is 4.98 Å². The molecule has 1 N–H and O–H groups in total. The number of amides is 1. The van der Waals surface area contributed by atoms with E-state index in [-0.39, 0.29) is 11.2 Å². The van der Waals surface area contributed by atoms with Gasteiger partial charge in [0.05, 0.1) is 10.8 Å². The first-order chi connectivity index (χ1) is 13.5. The van der Waals surface area contributed by atoms with Gasteiger partial charge in [-0.2, -0.15) is 5.26 Å². The molecule has 1 aliphatic carbocycles. The van der Waals surface area contributed by atoms with E-state index in [1.165, 1.54) is 30.2 Å². The number of anilines is 1. The van der Waals surface area contributed by atoms with Crippen LogP contribution in [0, 0.1) is 25.2 Å². The third-order valence-corrected chi connectivity index (χ3v) is 6.38. The zero-order chi connectivity index (χ0) is 20.1. The Morgan fingerprint density at radius 1 is 1.18 bits per heavy atom. The molecule has 1 atom stereocenters. The number of nitrogens with zero attached hydrogens (tertiary/aromatic N) is 2. The van der Waals surface area contributed by atoms with Crippen LogP contribution < -0.4 is 5.32 Å². The van der Waals surface area contributed by atoms with Crippen LogP contribution in [0.25, 0.3) is 0 Å². The summed E-state index contributed by atoms with van der Waals surface area (Å²) in [5.74, 6) is -0.0696. The number of hydrogen-bond acceptors (Lipinski definition) is 4. The van der Waals surface area contributed by atoms with Crippen molar-refractivity contribution in [2.75, 3.05) is 5.32 Å². The predicted octanol–water partition coefficient (Wildman–Crippen LogP) is 5.35. The number of carbonyl (C=O) groups excluding carboxylic acids is 1. The molecule has 0 bridgehead atoms. The molecule has 1 aromatic heterocycles. The Bertz CT molecular complexity index is 897. The number of nitrogens with one attached hydrogen (secondary N) is 1. The van der Waals surface area contributed by atoms with Gasteiger partial charge in [0.2, 0.25) is 5.91 Å². The first kappa shape index (κ1) is 20.4. The topological polar surface area (TPSA) is 65.8 Å². The lowest BCUT2D eigenvalue weighted by Crippen LogP contribution is -2.23. The maximum atomic E-state index is 12.8. The quantitative estimate of drug-likeness (QED) is 0.711. The number of para-hydroxylation sites is 1. The summed E-state index contributed by atoms with van der Waals surface area (Å²) in [5.41, 5.74) is 5.84. The highest BCUT2D eigenvalue weighted by atomic mass is 32.2. The Hall–Kier alpha value is -2.32. The second-order valence-electron chi connectivity index (χ2n) is 7.49. The van der Waals surface area contributed by atoms with E-state index >= 15 is 0 Å². The number of hydrogen-bond donors (Lipinski definition) is 1. The molecule has 1 aliphatic rings. The molecular formula is C23H27N3OS. The average molecular weight is 394 g/mol. The fourth-order valence-electron chi connectivity index (χ4n) is 3.60. The molecule has 0 saturated carbocycles. The lowest BCUT2D eigenvalue weighted by molar-refractivity contribution is -0.115. The molecule has 0 fully saturated rings. The first-order valence-electron chi connectivity index (χ1n) is 9.96. The van der Waals surface area contributed by atoms with E-state index < -0.39 is 0 Å². The standard InChI is InChI=1S/C23H27N3OS/c1-15-9-8-10-16(2)21(15)26-22(27)17(3)28-23-19(14-24)13-18-11-6-4-5-7-12-20(18)25-23/h8-10,13,17H,4-7,11-12H2,1-3H3,(H,26,27). The zero-order valence-electron chi connectivity index (χ0n) is 16.8. The lowest BCUT2D eigenvalue weighted by atomic mass is 9.96. The molecule has 1 unspecified atom stereocenters. The minimum absolute atomic E-state index is 0.0696. The van der Waals surface area contributed by atoms with E-state index in [2.05, 4.69) is 11.4 Å². The van der Waals surface area contributed by atoms with Crippen molar-refractivity contribution in [2.24, 2.45) is 0 Å². The minimum atomic E-state index is -0.342. The van der Waals surface area contributed by atoms with Crippen LogP contribution in [0.3, 0.4) is 0 Å². The Morgan fingerprint density at radius 3 is 2.54 bits per heavy atom. The monoisotopic (exact) mass is 393 g/mol. The lowest BCUT2D eigenvalue weighted by Gasteiger charge is -2.18. The highest BCUT2D eigenvalue weighted by Gasteiger charge is 2.21. The number of nitriles is 1. The summed E-state index contributed by atoms with van der Waals surface area (Å²) in [4.78, 5) is 17.6.